The summed E-state index contributed by atoms with van der Waals surface area (Å²) in [5.74, 6) is -0.202. The first-order valence-electron chi connectivity index (χ1n) is 11.3. The van der Waals surface area contributed by atoms with Crippen LogP contribution in [0.2, 0.25) is 0 Å². The molecule has 1 saturated heterocycles. The van der Waals surface area contributed by atoms with Gasteiger partial charge in [0.05, 0.1) is 7.11 Å². The van der Waals surface area contributed by atoms with Gasteiger partial charge in [0.15, 0.2) is 0 Å². The third kappa shape index (κ3) is 4.63. The number of ether oxygens (including phenoxy) is 1. The molecule has 1 aliphatic carbocycles. The zero-order valence-corrected chi connectivity index (χ0v) is 20.1. The number of allylic oxidation sites excluding steroid dienone is 1. The molecule has 1 aliphatic heterocycles. The molecule has 0 amide bonds. The quantitative estimate of drug-likeness (QED) is 0.431. The summed E-state index contributed by atoms with van der Waals surface area (Å²) in [6, 6.07) is 8.75. The number of aromatic nitrogens is 1. The second-order valence-corrected chi connectivity index (χ2v) is 10.8. The maximum atomic E-state index is 12.2. The Bertz CT molecular complexity index is 999. The van der Waals surface area contributed by atoms with E-state index in [-0.39, 0.29) is 17.9 Å². The molecule has 1 aromatic carbocycles. The fraction of sp³-hybridized carbons (Fsp3) is 0.500. The number of nitrogens with zero attached hydrogens (tertiary/aromatic N) is 2. The van der Waals surface area contributed by atoms with Crippen molar-refractivity contribution >= 4 is 23.5 Å². The third-order valence-corrected chi connectivity index (χ3v) is 7.81. The van der Waals surface area contributed by atoms with Crippen LogP contribution in [-0.4, -0.2) is 35.0 Å². The van der Waals surface area contributed by atoms with Crippen molar-refractivity contribution in [2.75, 3.05) is 20.2 Å². The monoisotopic (exact) mass is 438 g/mol. The van der Waals surface area contributed by atoms with Crippen LogP contribution in [0, 0.1) is 12.3 Å². The highest BCUT2D eigenvalue weighted by atomic mass is 32.2. The van der Waals surface area contributed by atoms with Crippen molar-refractivity contribution in [3.63, 3.8) is 0 Å². The average Bonchev–Trinajstić information content (AvgIpc) is 3.31. The van der Waals surface area contributed by atoms with Gasteiger partial charge in [-0.1, -0.05) is 38.6 Å². The van der Waals surface area contributed by atoms with Gasteiger partial charge in [0, 0.05) is 41.4 Å². The first-order chi connectivity index (χ1) is 14.8. The van der Waals surface area contributed by atoms with Crippen LogP contribution in [0.3, 0.4) is 0 Å². The van der Waals surface area contributed by atoms with Gasteiger partial charge in [-0.05, 0) is 72.7 Å². The number of fused-ring (bicyclic) bond motifs is 1. The van der Waals surface area contributed by atoms with Gasteiger partial charge in [0.1, 0.15) is 6.54 Å². The Labute approximate surface area is 190 Å². The number of carbonyl (C=O) groups excluding carboxylic acids is 1. The third-order valence-electron chi connectivity index (χ3n) is 6.60. The summed E-state index contributed by atoms with van der Waals surface area (Å²) in [6.45, 7) is 13.8. The largest absolute Gasteiger partial charge is 0.468 e. The van der Waals surface area contributed by atoms with Crippen LogP contribution in [0.5, 0.6) is 0 Å². The molecule has 2 aliphatic rings. The molecule has 2 heterocycles. The van der Waals surface area contributed by atoms with E-state index < -0.39 is 0 Å². The molecule has 1 fully saturated rings. The van der Waals surface area contributed by atoms with E-state index in [2.05, 4.69) is 60.5 Å². The molecule has 4 rings (SSSR count). The van der Waals surface area contributed by atoms with Crippen LogP contribution in [0.1, 0.15) is 61.2 Å². The summed E-state index contributed by atoms with van der Waals surface area (Å²) in [5.41, 5.74) is 7.68. The van der Waals surface area contributed by atoms with Crippen LogP contribution in [0.25, 0.3) is 5.57 Å². The van der Waals surface area contributed by atoms with Crippen molar-refractivity contribution in [1.82, 2.24) is 8.87 Å². The van der Waals surface area contributed by atoms with Crippen molar-refractivity contribution in [2.24, 2.45) is 5.41 Å². The number of hydrogen-bond donors (Lipinski definition) is 0. The number of hydrogen-bond acceptors (Lipinski definition) is 4. The Morgan fingerprint density at radius 3 is 2.61 bits per heavy atom. The summed E-state index contributed by atoms with van der Waals surface area (Å²) in [6.07, 6.45) is 5.36. The minimum absolute atomic E-state index is 0.142. The lowest BCUT2D eigenvalue weighted by molar-refractivity contribution is -0.141. The molecule has 0 unspecified atom stereocenters. The topological polar surface area (TPSA) is 34.5 Å². The summed E-state index contributed by atoms with van der Waals surface area (Å²) in [5, 5.41) is 0. The van der Waals surface area contributed by atoms with Gasteiger partial charge in [0.2, 0.25) is 0 Å². The summed E-state index contributed by atoms with van der Waals surface area (Å²) >= 11 is 1.89. The molecule has 0 N–H and O–H groups in total. The van der Waals surface area contributed by atoms with E-state index in [0.29, 0.717) is 0 Å². The van der Waals surface area contributed by atoms with Crippen molar-refractivity contribution in [2.45, 2.75) is 64.3 Å². The van der Waals surface area contributed by atoms with Gasteiger partial charge in [-0.3, -0.25) is 4.79 Å². The highest BCUT2D eigenvalue weighted by molar-refractivity contribution is 7.97. The van der Waals surface area contributed by atoms with Crippen molar-refractivity contribution in [3.05, 3.63) is 58.9 Å². The molecule has 1 aromatic heterocycles. The smallest absolute Gasteiger partial charge is 0.325 e. The standard InChI is InChI=1S/C26H34N2O2S/c1-18-15-26(3,4)16-22-25(18)21(19(2)28(22)17-24(29)30-5)14-20-10-6-7-11-23(20)31-27-12-8-9-13-27/h6-7,10-11H,1,8-9,12-17H2,2-5H3. The van der Waals surface area contributed by atoms with Crippen molar-refractivity contribution in [1.29, 1.82) is 0 Å². The number of carbonyl (C=O) groups is 1. The molecular weight excluding hydrogens is 404 g/mol. The molecule has 5 heteroatoms. The summed E-state index contributed by atoms with van der Waals surface area (Å²) in [4.78, 5) is 13.5. The minimum Gasteiger partial charge on any atom is -0.468 e. The molecule has 0 spiro atoms. The van der Waals surface area contributed by atoms with Crippen molar-refractivity contribution < 1.29 is 9.53 Å². The van der Waals surface area contributed by atoms with Crippen molar-refractivity contribution in [3.8, 4) is 0 Å². The fourth-order valence-corrected chi connectivity index (χ4v) is 6.23. The van der Waals surface area contributed by atoms with Crippen LogP contribution in [0.4, 0.5) is 0 Å². The van der Waals surface area contributed by atoms with Gasteiger partial charge in [-0.15, -0.1) is 0 Å². The molecule has 0 bridgehead atoms. The molecular formula is C26H34N2O2S. The lowest BCUT2D eigenvalue weighted by Crippen LogP contribution is -2.25. The van der Waals surface area contributed by atoms with E-state index in [9.17, 15) is 4.79 Å². The maximum absolute atomic E-state index is 12.2. The van der Waals surface area contributed by atoms with Crippen LogP contribution >= 0.6 is 11.9 Å². The molecule has 2 aromatic rings. The van der Waals surface area contributed by atoms with E-state index in [0.717, 1.165) is 38.0 Å². The first-order valence-corrected chi connectivity index (χ1v) is 12.0. The van der Waals surface area contributed by atoms with Gasteiger partial charge >= 0.3 is 5.97 Å². The lowest BCUT2D eigenvalue weighted by atomic mass is 9.73. The number of esters is 1. The number of benzene rings is 1. The fourth-order valence-electron chi connectivity index (χ4n) is 5.11. The van der Waals surface area contributed by atoms with E-state index >= 15 is 0 Å². The van der Waals surface area contributed by atoms with Crippen LogP contribution in [-0.2, 0) is 28.9 Å². The zero-order chi connectivity index (χ0) is 22.2. The highest BCUT2D eigenvalue weighted by Crippen LogP contribution is 2.45. The Balaban J connectivity index is 1.74. The summed E-state index contributed by atoms with van der Waals surface area (Å²) in [7, 11) is 1.46. The molecule has 4 nitrogen and oxygen atoms in total. The first kappa shape index (κ1) is 22.2. The Morgan fingerprint density at radius 1 is 1.19 bits per heavy atom. The average molecular weight is 439 g/mol. The zero-order valence-electron chi connectivity index (χ0n) is 19.3. The van der Waals surface area contributed by atoms with Crippen LogP contribution < -0.4 is 0 Å². The molecule has 0 radical (unpaired) electrons. The highest BCUT2D eigenvalue weighted by Gasteiger charge is 2.34. The van der Waals surface area contributed by atoms with Gasteiger partial charge in [-0.25, -0.2) is 4.31 Å². The Morgan fingerprint density at radius 2 is 1.90 bits per heavy atom. The lowest BCUT2D eigenvalue weighted by Gasteiger charge is -2.32. The van der Waals surface area contributed by atoms with Crippen LogP contribution in [0.15, 0.2) is 35.7 Å². The Hall–Kier alpha value is -1.98. The second-order valence-electron chi connectivity index (χ2n) is 9.68. The predicted molar refractivity (Wildman–Crippen MR) is 128 cm³/mol. The van der Waals surface area contributed by atoms with E-state index in [1.54, 1.807) is 0 Å². The predicted octanol–water partition coefficient (Wildman–Crippen LogP) is 5.65. The van der Waals surface area contributed by atoms with E-state index in [4.69, 9.17) is 4.74 Å². The molecule has 31 heavy (non-hydrogen) atoms. The minimum atomic E-state index is -0.202. The number of methoxy groups -OCH3 is 1. The molecule has 0 saturated carbocycles. The summed E-state index contributed by atoms with van der Waals surface area (Å²) < 4.78 is 9.67. The van der Waals surface area contributed by atoms with Gasteiger partial charge in [0.25, 0.3) is 0 Å². The van der Waals surface area contributed by atoms with Gasteiger partial charge < -0.3 is 9.30 Å². The van der Waals surface area contributed by atoms with E-state index in [1.807, 2.05) is 11.9 Å². The molecule has 166 valence electrons. The molecule has 0 atom stereocenters. The Kier molecular flexibility index (Phi) is 6.36. The normalized spacial score (nSPS) is 18.3. The SMILES string of the molecule is C=C1CC(C)(C)Cc2c1c(Cc1ccccc1SN1CCCC1)c(C)n2CC(=O)OC. The van der Waals surface area contributed by atoms with E-state index in [1.165, 1.54) is 52.8 Å². The van der Waals surface area contributed by atoms with Gasteiger partial charge in [-0.2, -0.15) is 0 Å². The number of rotatable bonds is 6. The second kappa shape index (κ2) is 8.87. The maximum Gasteiger partial charge on any atom is 0.325 e.